The van der Waals surface area contributed by atoms with E-state index in [0.717, 1.165) is 15.7 Å². The zero-order valence-electron chi connectivity index (χ0n) is 14.9. The Morgan fingerprint density at radius 1 is 1.35 bits per heavy atom. The predicted molar refractivity (Wildman–Crippen MR) is 104 cm³/mol. The van der Waals surface area contributed by atoms with E-state index in [9.17, 15) is 10.1 Å². The zero-order valence-corrected chi connectivity index (χ0v) is 16.5. The molecule has 1 atom stereocenters. The molecule has 0 radical (unpaired) electrons. The molecular formula is C20H20BrN3O2. The molecule has 134 valence electrons. The van der Waals surface area contributed by atoms with Crippen LogP contribution in [0.1, 0.15) is 36.6 Å². The van der Waals surface area contributed by atoms with E-state index in [2.05, 4.69) is 35.8 Å². The van der Waals surface area contributed by atoms with Crippen LogP contribution in [0.4, 0.5) is 0 Å². The van der Waals surface area contributed by atoms with Crippen LogP contribution in [-0.4, -0.2) is 4.57 Å². The van der Waals surface area contributed by atoms with Crippen LogP contribution in [-0.2, 0) is 6.54 Å². The fourth-order valence-corrected chi connectivity index (χ4v) is 3.53. The van der Waals surface area contributed by atoms with E-state index in [1.165, 1.54) is 0 Å². The normalized spacial score (nSPS) is 16.2. The van der Waals surface area contributed by atoms with Crippen LogP contribution < -0.4 is 16.0 Å². The maximum absolute atomic E-state index is 13.3. The van der Waals surface area contributed by atoms with Crippen molar-refractivity contribution in [3.8, 4) is 11.8 Å². The van der Waals surface area contributed by atoms with E-state index in [1.54, 1.807) is 4.57 Å². The van der Waals surface area contributed by atoms with Gasteiger partial charge in [0, 0.05) is 22.8 Å². The number of allylic oxidation sites excluding steroid dienone is 1. The van der Waals surface area contributed by atoms with Crippen molar-refractivity contribution in [1.82, 2.24) is 4.57 Å². The van der Waals surface area contributed by atoms with Gasteiger partial charge in [-0.15, -0.1) is 0 Å². The molecule has 0 bridgehead atoms. The third-order valence-corrected chi connectivity index (χ3v) is 4.97. The van der Waals surface area contributed by atoms with Gasteiger partial charge in [0.25, 0.3) is 5.56 Å². The molecular weight excluding hydrogens is 394 g/mol. The van der Waals surface area contributed by atoms with Gasteiger partial charge in [-0.1, -0.05) is 41.9 Å². The Bertz CT molecular complexity index is 982. The van der Waals surface area contributed by atoms with Crippen molar-refractivity contribution in [2.75, 3.05) is 0 Å². The summed E-state index contributed by atoms with van der Waals surface area (Å²) in [7, 11) is 0. The summed E-state index contributed by atoms with van der Waals surface area (Å²) in [5.74, 6) is 0.254. The molecule has 5 nitrogen and oxygen atoms in total. The summed E-state index contributed by atoms with van der Waals surface area (Å²) in [6, 6.07) is 11.5. The second kappa shape index (κ2) is 7.00. The fraction of sp³-hybridized carbons (Fsp3) is 0.300. The number of benzene rings is 1. The molecule has 0 saturated carbocycles. The molecule has 0 fully saturated rings. The van der Waals surface area contributed by atoms with Gasteiger partial charge in [-0.2, -0.15) is 5.26 Å². The number of fused-ring (bicyclic) bond motifs is 1. The molecule has 2 aromatic rings. The second-order valence-corrected chi connectivity index (χ2v) is 7.77. The molecule has 0 amide bonds. The minimum Gasteiger partial charge on any atom is -0.440 e. The van der Waals surface area contributed by atoms with Gasteiger partial charge in [0.2, 0.25) is 5.88 Å². The number of aryl methyl sites for hydroxylation is 1. The molecule has 26 heavy (non-hydrogen) atoms. The van der Waals surface area contributed by atoms with E-state index in [0.29, 0.717) is 23.8 Å². The Balaban J connectivity index is 2.29. The lowest BCUT2D eigenvalue weighted by Crippen LogP contribution is -2.33. The molecule has 1 aliphatic rings. The quantitative estimate of drug-likeness (QED) is 0.829. The zero-order chi connectivity index (χ0) is 19.0. The van der Waals surface area contributed by atoms with Gasteiger partial charge >= 0.3 is 0 Å². The number of hydrogen-bond acceptors (Lipinski definition) is 4. The first-order valence-corrected chi connectivity index (χ1v) is 9.20. The average molecular weight is 414 g/mol. The van der Waals surface area contributed by atoms with E-state index < -0.39 is 5.92 Å². The number of halogens is 1. The van der Waals surface area contributed by atoms with Crippen molar-refractivity contribution in [2.24, 2.45) is 11.7 Å². The maximum Gasteiger partial charge on any atom is 0.258 e. The number of rotatable bonds is 3. The number of ether oxygens (including phenoxy) is 1. The van der Waals surface area contributed by atoms with E-state index in [1.807, 2.05) is 37.3 Å². The number of nitrogens with two attached hydrogens (primary N) is 1. The van der Waals surface area contributed by atoms with Crippen LogP contribution in [0, 0.1) is 24.2 Å². The van der Waals surface area contributed by atoms with E-state index in [-0.39, 0.29) is 17.0 Å². The molecule has 3 rings (SSSR count). The Labute approximate surface area is 160 Å². The minimum absolute atomic E-state index is 0.0494. The number of nitriles is 1. The molecule has 2 N–H and O–H groups in total. The maximum atomic E-state index is 13.3. The molecule has 6 heteroatoms. The molecule has 0 saturated heterocycles. The molecule has 1 aliphatic heterocycles. The van der Waals surface area contributed by atoms with Gasteiger partial charge < -0.3 is 15.0 Å². The second-order valence-electron chi connectivity index (χ2n) is 6.85. The standard InChI is InChI=1S/C20H20BrN3O2/c1-11(2)10-24-12(3)8-16-18(20(24)25)17(15(9-22)19(23)26-16)13-4-6-14(21)7-5-13/h4-8,11,17H,10,23H2,1-3H3/t17-/m1/s1. The summed E-state index contributed by atoms with van der Waals surface area (Å²) in [6.07, 6.45) is 0. The summed E-state index contributed by atoms with van der Waals surface area (Å²) in [6.45, 7) is 6.60. The van der Waals surface area contributed by atoms with Crippen LogP contribution >= 0.6 is 15.9 Å². The first-order valence-electron chi connectivity index (χ1n) is 8.40. The van der Waals surface area contributed by atoms with E-state index >= 15 is 0 Å². The predicted octanol–water partition coefficient (Wildman–Crippen LogP) is 3.79. The Morgan fingerprint density at radius 2 is 2.00 bits per heavy atom. The van der Waals surface area contributed by atoms with Gasteiger partial charge in [-0.3, -0.25) is 4.79 Å². The number of aromatic nitrogens is 1. The highest BCUT2D eigenvalue weighted by atomic mass is 79.9. The number of pyridine rings is 1. The Kier molecular flexibility index (Phi) is 4.92. The molecule has 0 spiro atoms. The summed E-state index contributed by atoms with van der Waals surface area (Å²) in [4.78, 5) is 13.3. The van der Waals surface area contributed by atoms with Crippen LogP contribution in [0.2, 0.25) is 0 Å². The highest BCUT2D eigenvalue weighted by molar-refractivity contribution is 9.10. The van der Waals surface area contributed by atoms with Crippen LogP contribution in [0.3, 0.4) is 0 Å². The summed E-state index contributed by atoms with van der Waals surface area (Å²) in [5.41, 5.74) is 8.22. The molecule has 2 heterocycles. The van der Waals surface area contributed by atoms with Crippen molar-refractivity contribution >= 4 is 15.9 Å². The minimum atomic E-state index is -0.539. The van der Waals surface area contributed by atoms with Gasteiger partial charge in [-0.05, 0) is 30.5 Å². The summed E-state index contributed by atoms with van der Waals surface area (Å²) < 4.78 is 8.31. The van der Waals surface area contributed by atoms with Gasteiger partial charge in [0.15, 0.2) is 0 Å². The van der Waals surface area contributed by atoms with Crippen molar-refractivity contribution in [3.63, 3.8) is 0 Å². The lowest BCUT2D eigenvalue weighted by molar-refractivity contribution is 0.386. The van der Waals surface area contributed by atoms with Gasteiger partial charge in [0.05, 0.1) is 11.5 Å². The van der Waals surface area contributed by atoms with Gasteiger partial charge in [0.1, 0.15) is 17.4 Å². The molecule has 0 aliphatic carbocycles. The van der Waals surface area contributed by atoms with Crippen molar-refractivity contribution in [2.45, 2.75) is 33.2 Å². The lowest BCUT2D eigenvalue weighted by atomic mass is 9.84. The number of hydrogen-bond donors (Lipinski definition) is 1. The average Bonchev–Trinajstić information content (AvgIpc) is 2.58. The highest BCUT2D eigenvalue weighted by Crippen LogP contribution is 2.40. The monoisotopic (exact) mass is 413 g/mol. The first-order chi connectivity index (χ1) is 12.3. The van der Waals surface area contributed by atoms with Crippen molar-refractivity contribution in [1.29, 1.82) is 5.26 Å². The first kappa shape index (κ1) is 18.3. The topological polar surface area (TPSA) is 81.0 Å². The third-order valence-electron chi connectivity index (χ3n) is 4.44. The SMILES string of the molecule is Cc1cc2c(c(=O)n1CC(C)C)[C@H](c1ccc(Br)cc1)C(C#N)=C(N)O2. The summed E-state index contributed by atoms with van der Waals surface area (Å²) in [5, 5.41) is 9.65. The van der Waals surface area contributed by atoms with Crippen molar-refractivity contribution in [3.05, 3.63) is 73.4 Å². The van der Waals surface area contributed by atoms with Gasteiger partial charge in [-0.25, -0.2) is 0 Å². The smallest absolute Gasteiger partial charge is 0.258 e. The van der Waals surface area contributed by atoms with Crippen LogP contribution in [0.5, 0.6) is 5.75 Å². The lowest BCUT2D eigenvalue weighted by Gasteiger charge is -2.27. The third kappa shape index (κ3) is 3.15. The molecule has 1 aromatic carbocycles. The fourth-order valence-electron chi connectivity index (χ4n) is 3.27. The number of nitrogens with zero attached hydrogens (tertiary/aromatic N) is 2. The van der Waals surface area contributed by atoms with Crippen LogP contribution in [0.15, 0.2) is 51.1 Å². The molecule has 0 unspecified atom stereocenters. The molecule has 1 aromatic heterocycles. The van der Waals surface area contributed by atoms with E-state index in [4.69, 9.17) is 10.5 Å². The van der Waals surface area contributed by atoms with Crippen molar-refractivity contribution < 1.29 is 4.74 Å². The summed E-state index contributed by atoms with van der Waals surface area (Å²) >= 11 is 3.42. The Hall–Kier alpha value is -2.52. The Morgan fingerprint density at radius 3 is 2.58 bits per heavy atom. The largest absolute Gasteiger partial charge is 0.440 e. The highest BCUT2D eigenvalue weighted by Gasteiger charge is 2.34. The van der Waals surface area contributed by atoms with Crippen LogP contribution in [0.25, 0.3) is 0 Å².